The second kappa shape index (κ2) is 7.59. The van der Waals surface area contributed by atoms with E-state index in [1.54, 1.807) is 0 Å². The molecule has 24 heavy (non-hydrogen) atoms. The van der Waals surface area contributed by atoms with Gasteiger partial charge in [-0.2, -0.15) is 0 Å². The minimum Gasteiger partial charge on any atom is -0.452 e. The van der Waals surface area contributed by atoms with Gasteiger partial charge < -0.3 is 10.1 Å². The molecule has 2 rings (SSSR count). The Labute approximate surface area is 140 Å². The number of nitrogens with two attached hydrogens (primary N) is 1. The molecule has 0 heterocycles. The Hall–Kier alpha value is -2.19. The van der Waals surface area contributed by atoms with Gasteiger partial charge in [0.15, 0.2) is 6.10 Å². The van der Waals surface area contributed by atoms with Crippen LogP contribution in [0.15, 0.2) is 41.3 Å². The normalized spacial score (nSPS) is 18.7. The van der Waals surface area contributed by atoms with Gasteiger partial charge in [0.25, 0.3) is 5.91 Å². The molecule has 1 aromatic carbocycles. The first-order valence-corrected chi connectivity index (χ1v) is 9.11. The number of carbonyl (C=O) groups excluding carboxylic acids is 2. The average molecular weight is 352 g/mol. The van der Waals surface area contributed by atoms with Crippen molar-refractivity contribution in [2.45, 2.75) is 37.2 Å². The van der Waals surface area contributed by atoms with Crippen molar-refractivity contribution in [3.63, 3.8) is 0 Å². The summed E-state index contributed by atoms with van der Waals surface area (Å²) in [6.45, 7) is 1.49. The van der Waals surface area contributed by atoms with Crippen LogP contribution in [0.3, 0.4) is 0 Å². The van der Waals surface area contributed by atoms with Gasteiger partial charge in [-0.15, -0.1) is 0 Å². The molecule has 0 saturated carbocycles. The number of nitrogens with one attached hydrogen (secondary N) is 1. The molecule has 0 unspecified atom stereocenters. The summed E-state index contributed by atoms with van der Waals surface area (Å²) in [4.78, 5) is 24.0. The Morgan fingerprint density at radius 2 is 1.92 bits per heavy atom. The number of rotatable bonds is 5. The third-order valence-corrected chi connectivity index (χ3v) is 4.64. The van der Waals surface area contributed by atoms with Crippen LogP contribution >= 0.6 is 0 Å². The van der Waals surface area contributed by atoms with Crippen LogP contribution in [0.2, 0.25) is 0 Å². The fourth-order valence-electron chi connectivity index (χ4n) is 2.30. The number of ether oxygens (including phenoxy) is 1. The molecule has 1 amide bonds. The van der Waals surface area contributed by atoms with Gasteiger partial charge in [0.05, 0.1) is 10.8 Å². The molecule has 0 aromatic heterocycles. The highest BCUT2D eigenvalue weighted by molar-refractivity contribution is 7.89. The van der Waals surface area contributed by atoms with Gasteiger partial charge in [-0.3, -0.25) is 9.59 Å². The number of hydrogen-bond acceptors (Lipinski definition) is 5. The van der Waals surface area contributed by atoms with Crippen LogP contribution in [0, 0.1) is 5.92 Å². The zero-order chi connectivity index (χ0) is 17.7. The van der Waals surface area contributed by atoms with Crippen LogP contribution in [0.25, 0.3) is 0 Å². The average Bonchev–Trinajstić information content (AvgIpc) is 2.55. The predicted octanol–water partition coefficient (Wildman–Crippen LogP) is 1.56. The maximum absolute atomic E-state index is 12.1. The van der Waals surface area contributed by atoms with Crippen molar-refractivity contribution in [2.75, 3.05) is 5.32 Å². The highest BCUT2D eigenvalue weighted by Crippen LogP contribution is 2.20. The predicted molar refractivity (Wildman–Crippen MR) is 88.5 cm³/mol. The van der Waals surface area contributed by atoms with Gasteiger partial charge in [-0.1, -0.05) is 12.2 Å². The van der Waals surface area contributed by atoms with E-state index in [4.69, 9.17) is 9.88 Å². The van der Waals surface area contributed by atoms with Crippen molar-refractivity contribution in [2.24, 2.45) is 11.1 Å². The van der Waals surface area contributed by atoms with E-state index in [0.717, 1.165) is 12.8 Å². The first-order valence-electron chi connectivity index (χ1n) is 7.56. The number of hydrogen-bond donors (Lipinski definition) is 2. The number of sulfonamides is 1. The zero-order valence-corrected chi connectivity index (χ0v) is 14.1. The second-order valence-electron chi connectivity index (χ2n) is 5.62. The van der Waals surface area contributed by atoms with Crippen LogP contribution in [0.1, 0.15) is 26.2 Å². The van der Waals surface area contributed by atoms with Crippen molar-refractivity contribution in [3.8, 4) is 0 Å². The minimum absolute atomic E-state index is 0.0506. The number of esters is 1. The smallest absolute Gasteiger partial charge is 0.310 e. The summed E-state index contributed by atoms with van der Waals surface area (Å²) in [7, 11) is -3.78. The van der Waals surface area contributed by atoms with E-state index in [1.165, 1.54) is 31.2 Å². The van der Waals surface area contributed by atoms with Crippen LogP contribution in [-0.2, 0) is 24.3 Å². The third-order valence-electron chi connectivity index (χ3n) is 3.71. The van der Waals surface area contributed by atoms with E-state index in [1.807, 2.05) is 12.2 Å². The molecular weight excluding hydrogens is 332 g/mol. The molecule has 0 fully saturated rings. The van der Waals surface area contributed by atoms with Crippen LogP contribution < -0.4 is 10.5 Å². The lowest BCUT2D eigenvalue weighted by atomic mass is 9.95. The summed E-state index contributed by atoms with van der Waals surface area (Å²) >= 11 is 0. The van der Waals surface area contributed by atoms with Gasteiger partial charge in [0.1, 0.15) is 0 Å². The largest absolute Gasteiger partial charge is 0.452 e. The zero-order valence-electron chi connectivity index (χ0n) is 13.3. The summed E-state index contributed by atoms with van der Waals surface area (Å²) < 4.78 is 27.5. The van der Waals surface area contributed by atoms with E-state index >= 15 is 0 Å². The molecule has 7 nitrogen and oxygen atoms in total. The quantitative estimate of drug-likeness (QED) is 0.616. The number of amides is 1. The number of allylic oxidation sites excluding steroid dienone is 2. The monoisotopic (exact) mass is 352 g/mol. The topological polar surface area (TPSA) is 116 Å². The summed E-state index contributed by atoms with van der Waals surface area (Å²) in [5.41, 5.74) is 0.385. The molecule has 1 aliphatic rings. The Morgan fingerprint density at radius 3 is 2.46 bits per heavy atom. The first-order chi connectivity index (χ1) is 11.3. The van der Waals surface area contributed by atoms with Gasteiger partial charge in [-0.25, -0.2) is 13.6 Å². The van der Waals surface area contributed by atoms with Gasteiger partial charge in [0, 0.05) is 5.69 Å². The summed E-state index contributed by atoms with van der Waals surface area (Å²) in [5, 5.41) is 7.57. The molecule has 1 aromatic rings. The first kappa shape index (κ1) is 18.2. The Bertz CT molecular complexity index is 740. The summed E-state index contributed by atoms with van der Waals surface area (Å²) in [5.74, 6) is -1.08. The third kappa shape index (κ3) is 4.90. The highest BCUT2D eigenvalue weighted by atomic mass is 32.2. The van der Waals surface area contributed by atoms with Crippen molar-refractivity contribution in [3.05, 3.63) is 36.4 Å². The molecular formula is C16H20N2O5S. The standard InChI is InChI=1S/C16H20N2O5S/c1-11(23-16(20)12-5-3-2-4-6-12)15(19)18-13-7-9-14(10-8-13)24(17,21)22/h2-3,7-12H,4-6H2,1H3,(H,18,19)(H2,17,21,22)/t11-,12+/m1/s1. The van der Waals surface area contributed by atoms with Crippen molar-refractivity contribution in [1.29, 1.82) is 0 Å². The molecule has 0 spiro atoms. The molecule has 2 atom stereocenters. The Morgan fingerprint density at radius 1 is 1.25 bits per heavy atom. The number of primary sulfonamides is 1. The maximum Gasteiger partial charge on any atom is 0.310 e. The lowest BCUT2D eigenvalue weighted by Gasteiger charge is -2.19. The fraction of sp³-hybridized carbons (Fsp3) is 0.375. The van der Waals surface area contributed by atoms with E-state index in [2.05, 4.69) is 5.32 Å². The molecule has 130 valence electrons. The Balaban J connectivity index is 1.91. The van der Waals surface area contributed by atoms with E-state index < -0.39 is 22.0 Å². The van der Waals surface area contributed by atoms with E-state index in [-0.39, 0.29) is 16.8 Å². The van der Waals surface area contributed by atoms with Gasteiger partial charge >= 0.3 is 5.97 Å². The number of anilines is 1. The van der Waals surface area contributed by atoms with Gasteiger partial charge in [0.2, 0.25) is 10.0 Å². The van der Waals surface area contributed by atoms with Crippen LogP contribution in [0.4, 0.5) is 5.69 Å². The minimum atomic E-state index is -3.78. The molecule has 3 N–H and O–H groups in total. The molecule has 8 heteroatoms. The van der Waals surface area contributed by atoms with E-state index in [9.17, 15) is 18.0 Å². The highest BCUT2D eigenvalue weighted by Gasteiger charge is 2.25. The van der Waals surface area contributed by atoms with E-state index in [0.29, 0.717) is 12.1 Å². The van der Waals surface area contributed by atoms with Crippen LogP contribution in [0.5, 0.6) is 0 Å². The van der Waals surface area contributed by atoms with Crippen LogP contribution in [-0.4, -0.2) is 26.4 Å². The lowest BCUT2D eigenvalue weighted by Crippen LogP contribution is -2.32. The SMILES string of the molecule is C[C@@H](OC(=O)[C@H]1CC=CCC1)C(=O)Nc1ccc(S(N)(=O)=O)cc1. The van der Waals surface area contributed by atoms with Crippen molar-refractivity contribution in [1.82, 2.24) is 0 Å². The lowest BCUT2D eigenvalue weighted by molar-refractivity contribution is -0.157. The molecule has 0 saturated heterocycles. The van der Waals surface area contributed by atoms with Crippen molar-refractivity contribution < 1.29 is 22.7 Å². The number of benzene rings is 1. The second-order valence-corrected chi connectivity index (χ2v) is 7.18. The van der Waals surface area contributed by atoms with Crippen molar-refractivity contribution >= 4 is 27.6 Å². The van der Waals surface area contributed by atoms with Gasteiger partial charge in [-0.05, 0) is 50.5 Å². The molecule has 0 aliphatic heterocycles. The number of carbonyl (C=O) groups is 2. The maximum atomic E-state index is 12.1. The molecule has 0 radical (unpaired) electrons. The summed E-state index contributed by atoms with van der Waals surface area (Å²) in [6, 6.07) is 5.40. The molecule has 1 aliphatic carbocycles. The Kier molecular flexibility index (Phi) is 5.74. The molecule has 0 bridgehead atoms. The fourth-order valence-corrected chi connectivity index (χ4v) is 2.82. The summed E-state index contributed by atoms with van der Waals surface area (Å²) in [6.07, 6.45) is 5.19.